The third-order valence-corrected chi connectivity index (χ3v) is 2.43. The highest BCUT2D eigenvalue weighted by atomic mass is 16.5. The lowest BCUT2D eigenvalue weighted by molar-refractivity contribution is -0.143. The molecule has 0 aliphatic rings. The number of carbonyl (C=O) groups excluding carboxylic acids is 1. The summed E-state index contributed by atoms with van der Waals surface area (Å²) in [4.78, 5) is 11.5. The molecule has 4 heteroatoms. The first-order valence-electron chi connectivity index (χ1n) is 5.61. The van der Waals surface area contributed by atoms with Crippen LogP contribution >= 0.6 is 0 Å². The summed E-state index contributed by atoms with van der Waals surface area (Å²) in [5.41, 5.74) is 0. The minimum absolute atomic E-state index is 0.208. The predicted octanol–water partition coefficient (Wildman–Crippen LogP) is 2.10. The van der Waals surface area contributed by atoms with E-state index in [9.17, 15) is 4.79 Å². The van der Waals surface area contributed by atoms with Gasteiger partial charge in [-0.1, -0.05) is 19.8 Å². The van der Waals surface area contributed by atoms with Crippen LogP contribution in [0.4, 0.5) is 0 Å². The van der Waals surface area contributed by atoms with Crippen LogP contribution in [-0.2, 0) is 16.1 Å². The van der Waals surface area contributed by atoms with Crippen molar-refractivity contribution in [2.45, 2.75) is 38.8 Å². The number of methoxy groups -OCH3 is 1. The maximum Gasteiger partial charge on any atom is 0.322 e. The summed E-state index contributed by atoms with van der Waals surface area (Å²) >= 11 is 0. The molecular weight excluding hydrogens is 206 g/mol. The second-order valence-corrected chi connectivity index (χ2v) is 3.68. The van der Waals surface area contributed by atoms with E-state index in [2.05, 4.69) is 12.2 Å². The van der Waals surface area contributed by atoms with E-state index < -0.39 is 0 Å². The molecule has 0 aromatic carbocycles. The van der Waals surface area contributed by atoms with E-state index in [4.69, 9.17) is 9.15 Å². The summed E-state index contributed by atoms with van der Waals surface area (Å²) < 4.78 is 9.93. The number of furan rings is 1. The molecule has 1 atom stereocenters. The van der Waals surface area contributed by atoms with Crippen LogP contribution in [0, 0.1) is 0 Å². The molecule has 1 aromatic heterocycles. The maximum atomic E-state index is 11.5. The Bertz CT molecular complexity index is 295. The highest BCUT2D eigenvalue weighted by Gasteiger charge is 2.17. The number of unbranched alkanes of at least 4 members (excludes halogenated alkanes) is 1. The van der Waals surface area contributed by atoms with E-state index in [1.165, 1.54) is 7.11 Å². The third kappa shape index (κ3) is 4.06. The molecule has 16 heavy (non-hydrogen) atoms. The molecule has 0 saturated carbocycles. The van der Waals surface area contributed by atoms with E-state index in [0.717, 1.165) is 25.0 Å². The van der Waals surface area contributed by atoms with Gasteiger partial charge in [-0.25, -0.2) is 0 Å². The maximum absolute atomic E-state index is 11.5. The van der Waals surface area contributed by atoms with Gasteiger partial charge >= 0.3 is 5.97 Å². The zero-order valence-corrected chi connectivity index (χ0v) is 9.86. The van der Waals surface area contributed by atoms with Gasteiger partial charge in [-0.05, 0) is 18.6 Å². The average Bonchev–Trinajstić information content (AvgIpc) is 2.81. The van der Waals surface area contributed by atoms with Gasteiger partial charge in [0.2, 0.25) is 0 Å². The number of ether oxygens (including phenoxy) is 1. The van der Waals surface area contributed by atoms with Gasteiger partial charge in [0.1, 0.15) is 11.8 Å². The Balaban J connectivity index is 2.40. The number of esters is 1. The van der Waals surface area contributed by atoms with Crippen LogP contribution in [0.2, 0.25) is 0 Å². The Morgan fingerprint density at radius 2 is 2.44 bits per heavy atom. The van der Waals surface area contributed by atoms with E-state index in [1.807, 2.05) is 12.1 Å². The highest BCUT2D eigenvalue weighted by molar-refractivity contribution is 5.75. The van der Waals surface area contributed by atoms with Crippen molar-refractivity contribution in [3.05, 3.63) is 24.2 Å². The number of rotatable bonds is 7. The molecule has 1 unspecified atom stereocenters. The van der Waals surface area contributed by atoms with Gasteiger partial charge in [0.15, 0.2) is 0 Å². The van der Waals surface area contributed by atoms with Crippen LogP contribution < -0.4 is 5.32 Å². The van der Waals surface area contributed by atoms with Crippen LogP contribution in [-0.4, -0.2) is 19.1 Å². The Morgan fingerprint density at radius 3 is 3.00 bits per heavy atom. The fourth-order valence-corrected chi connectivity index (χ4v) is 1.49. The van der Waals surface area contributed by atoms with Crippen LogP contribution in [0.5, 0.6) is 0 Å². The summed E-state index contributed by atoms with van der Waals surface area (Å²) in [5.74, 6) is 0.616. The predicted molar refractivity (Wildman–Crippen MR) is 60.9 cm³/mol. The lowest BCUT2D eigenvalue weighted by Gasteiger charge is -2.15. The minimum Gasteiger partial charge on any atom is -0.468 e. The van der Waals surface area contributed by atoms with Crippen LogP contribution in [0.3, 0.4) is 0 Å². The number of nitrogens with one attached hydrogen (secondary N) is 1. The van der Waals surface area contributed by atoms with E-state index >= 15 is 0 Å². The summed E-state index contributed by atoms with van der Waals surface area (Å²) in [6, 6.07) is 3.47. The van der Waals surface area contributed by atoms with Crippen LogP contribution in [0.1, 0.15) is 31.9 Å². The van der Waals surface area contributed by atoms with Crippen molar-refractivity contribution >= 4 is 5.97 Å². The highest BCUT2D eigenvalue weighted by Crippen LogP contribution is 2.05. The summed E-state index contributed by atoms with van der Waals surface area (Å²) in [5, 5.41) is 3.14. The van der Waals surface area contributed by atoms with E-state index in [1.54, 1.807) is 6.26 Å². The molecule has 1 aromatic rings. The second kappa shape index (κ2) is 7.06. The first-order chi connectivity index (χ1) is 7.77. The average molecular weight is 225 g/mol. The summed E-state index contributed by atoms with van der Waals surface area (Å²) in [6.07, 6.45) is 4.49. The smallest absolute Gasteiger partial charge is 0.322 e. The second-order valence-electron chi connectivity index (χ2n) is 3.68. The first-order valence-corrected chi connectivity index (χ1v) is 5.61. The van der Waals surface area contributed by atoms with Crippen molar-refractivity contribution in [1.29, 1.82) is 0 Å². The SMILES string of the molecule is CCCCC(NCc1ccco1)C(=O)OC. The lowest BCUT2D eigenvalue weighted by atomic mass is 10.1. The molecule has 90 valence electrons. The molecule has 0 fully saturated rings. The van der Waals surface area contributed by atoms with E-state index in [0.29, 0.717) is 6.54 Å². The van der Waals surface area contributed by atoms with Crippen molar-refractivity contribution in [2.75, 3.05) is 7.11 Å². The molecular formula is C12H19NO3. The molecule has 1 rings (SSSR count). The number of hydrogen-bond acceptors (Lipinski definition) is 4. The molecule has 0 radical (unpaired) electrons. The standard InChI is InChI=1S/C12H19NO3/c1-3-4-7-11(12(14)15-2)13-9-10-6-5-8-16-10/h5-6,8,11,13H,3-4,7,9H2,1-2H3. The molecule has 1 heterocycles. The summed E-state index contributed by atoms with van der Waals surface area (Å²) in [7, 11) is 1.41. The quantitative estimate of drug-likeness (QED) is 0.722. The van der Waals surface area contributed by atoms with Crippen LogP contribution in [0.25, 0.3) is 0 Å². The topological polar surface area (TPSA) is 51.5 Å². The molecule has 0 spiro atoms. The van der Waals surface area contributed by atoms with Crippen LogP contribution in [0.15, 0.2) is 22.8 Å². The minimum atomic E-state index is -0.241. The zero-order chi connectivity index (χ0) is 11.8. The Kier molecular flexibility index (Phi) is 5.64. The molecule has 4 nitrogen and oxygen atoms in total. The lowest BCUT2D eigenvalue weighted by Crippen LogP contribution is -2.37. The summed E-state index contributed by atoms with van der Waals surface area (Å²) in [6.45, 7) is 2.65. The third-order valence-electron chi connectivity index (χ3n) is 2.43. The van der Waals surface area contributed by atoms with Gasteiger partial charge in [-0.3, -0.25) is 10.1 Å². The molecule has 0 saturated heterocycles. The first kappa shape index (κ1) is 12.8. The molecule has 0 aliphatic carbocycles. The normalized spacial score (nSPS) is 12.4. The number of hydrogen-bond donors (Lipinski definition) is 1. The van der Waals surface area contributed by atoms with Gasteiger partial charge in [-0.15, -0.1) is 0 Å². The van der Waals surface area contributed by atoms with Gasteiger partial charge in [0.25, 0.3) is 0 Å². The van der Waals surface area contributed by atoms with Crippen molar-refractivity contribution in [2.24, 2.45) is 0 Å². The Labute approximate surface area is 96.0 Å². The zero-order valence-electron chi connectivity index (χ0n) is 9.86. The molecule has 0 bridgehead atoms. The largest absolute Gasteiger partial charge is 0.468 e. The van der Waals surface area contributed by atoms with Crippen molar-refractivity contribution < 1.29 is 13.9 Å². The van der Waals surface area contributed by atoms with Gasteiger partial charge in [0, 0.05) is 0 Å². The van der Waals surface area contributed by atoms with Crippen molar-refractivity contribution in [3.8, 4) is 0 Å². The fraction of sp³-hybridized carbons (Fsp3) is 0.583. The van der Waals surface area contributed by atoms with Crippen molar-refractivity contribution in [3.63, 3.8) is 0 Å². The van der Waals surface area contributed by atoms with Gasteiger partial charge in [0.05, 0.1) is 19.9 Å². The fourth-order valence-electron chi connectivity index (χ4n) is 1.49. The van der Waals surface area contributed by atoms with Gasteiger partial charge in [-0.2, -0.15) is 0 Å². The van der Waals surface area contributed by atoms with Crippen molar-refractivity contribution in [1.82, 2.24) is 5.32 Å². The molecule has 0 amide bonds. The molecule has 1 N–H and O–H groups in total. The Hall–Kier alpha value is -1.29. The van der Waals surface area contributed by atoms with E-state index in [-0.39, 0.29) is 12.0 Å². The monoisotopic (exact) mass is 225 g/mol. The molecule has 0 aliphatic heterocycles. The Morgan fingerprint density at radius 1 is 1.62 bits per heavy atom. The number of carbonyl (C=O) groups is 1. The van der Waals surface area contributed by atoms with Gasteiger partial charge < -0.3 is 9.15 Å².